The highest BCUT2D eigenvalue weighted by molar-refractivity contribution is 9.10. The number of ether oxygens (including phenoxy) is 2. The Bertz CT molecular complexity index is 1570. The van der Waals surface area contributed by atoms with Crippen LogP contribution in [0.3, 0.4) is 0 Å². The van der Waals surface area contributed by atoms with E-state index < -0.39 is 11.9 Å². The molecule has 0 unspecified atom stereocenters. The summed E-state index contributed by atoms with van der Waals surface area (Å²) in [5.41, 5.74) is 5.77. The minimum absolute atomic E-state index is 0.275. The van der Waals surface area contributed by atoms with E-state index in [2.05, 4.69) is 31.8 Å². The number of hydrogen-bond donors (Lipinski definition) is 2. The predicted molar refractivity (Wildman–Crippen MR) is 157 cm³/mol. The van der Waals surface area contributed by atoms with E-state index in [1.165, 1.54) is 6.21 Å². The predicted octanol–water partition coefficient (Wildman–Crippen LogP) is 6.39. The van der Waals surface area contributed by atoms with Gasteiger partial charge in [0.2, 0.25) is 0 Å². The Balaban J connectivity index is 1.39. The van der Waals surface area contributed by atoms with Crippen LogP contribution in [-0.4, -0.2) is 30.6 Å². The van der Waals surface area contributed by atoms with Crippen LogP contribution in [0.4, 0.5) is 5.69 Å². The van der Waals surface area contributed by atoms with Gasteiger partial charge >= 0.3 is 5.97 Å². The van der Waals surface area contributed by atoms with Gasteiger partial charge in [-0.25, -0.2) is 10.2 Å². The van der Waals surface area contributed by atoms with Crippen molar-refractivity contribution in [1.29, 1.82) is 0 Å². The first-order valence-corrected chi connectivity index (χ1v) is 13.2. The Labute approximate surface area is 240 Å². The van der Waals surface area contributed by atoms with Gasteiger partial charge in [-0.1, -0.05) is 39.7 Å². The summed E-state index contributed by atoms with van der Waals surface area (Å²) in [5.74, 6) is -0.593. The highest BCUT2D eigenvalue weighted by Crippen LogP contribution is 2.29. The lowest BCUT2D eigenvalue weighted by Crippen LogP contribution is -2.18. The number of amides is 2. The smallest absolute Gasteiger partial charge is 0.343 e. The minimum Gasteiger partial charge on any atom is -0.490 e. The van der Waals surface area contributed by atoms with Gasteiger partial charge in [-0.3, -0.25) is 9.59 Å². The Morgan fingerprint density at radius 1 is 0.825 bits per heavy atom. The van der Waals surface area contributed by atoms with E-state index in [9.17, 15) is 14.4 Å². The molecule has 0 saturated heterocycles. The highest BCUT2D eigenvalue weighted by atomic mass is 79.9. The average Bonchev–Trinajstić information content (AvgIpc) is 2.95. The van der Waals surface area contributed by atoms with Crippen LogP contribution in [0.25, 0.3) is 0 Å². The van der Waals surface area contributed by atoms with E-state index in [0.29, 0.717) is 40.3 Å². The van der Waals surface area contributed by atoms with Crippen LogP contribution in [0.5, 0.6) is 11.5 Å². The number of aryl methyl sites for hydroxylation is 1. The molecule has 4 aromatic carbocycles. The molecule has 0 radical (unpaired) electrons. The number of halogens is 1. The molecule has 2 amide bonds. The molecular formula is C31H26BrN3O5. The summed E-state index contributed by atoms with van der Waals surface area (Å²) in [7, 11) is 0. The van der Waals surface area contributed by atoms with Gasteiger partial charge in [-0.05, 0) is 92.2 Å². The number of esters is 1. The van der Waals surface area contributed by atoms with E-state index >= 15 is 0 Å². The normalized spacial score (nSPS) is 10.7. The zero-order valence-electron chi connectivity index (χ0n) is 21.8. The van der Waals surface area contributed by atoms with Gasteiger partial charge in [0, 0.05) is 21.3 Å². The maximum atomic E-state index is 12.7. The van der Waals surface area contributed by atoms with Crippen LogP contribution < -0.4 is 20.2 Å². The van der Waals surface area contributed by atoms with Crippen LogP contribution in [0.15, 0.2) is 101 Å². The Kier molecular flexibility index (Phi) is 9.43. The van der Waals surface area contributed by atoms with Crippen molar-refractivity contribution >= 4 is 45.6 Å². The molecular weight excluding hydrogens is 574 g/mol. The summed E-state index contributed by atoms with van der Waals surface area (Å²) >= 11 is 3.34. The Hall–Kier alpha value is -4.76. The molecule has 0 atom stereocenters. The quantitative estimate of drug-likeness (QED) is 0.100. The summed E-state index contributed by atoms with van der Waals surface area (Å²) < 4.78 is 12.1. The van der Waals surface area contributed by atoms with Gasteiger partial charge in [-0.2, -0.15) is 5.10 Å². The van der Waals surface area contributed by atoms with E-state index in [4.69, 9.17) is 9.47 Å². The second-order valence-corrected chi connectivity index (χ2v) is 9.55. The third-order valence-corrected chi connectivity index (χ3v) is 6.12. The topological polar surface area (TPSA) is 106 Å². The number of nitrogens with zero attached hydrogens (tertiary/aromatic N) is 1. The SMILES string of the molecule is CCOc1cc(C=NNC(=O)c2cccc(NC(=O)c3ccc(Br)cc3)c2)ccc1OC(=O)c1cccc(C)c1. The number of benzene rings is 4. The summed E-state index contributed by atoms with van der Waals surface area (Å²) in [6, 6.07) is 25.6. The van der Waals surface area contributed by atoms with E-state index in [-0.39, 0.29) is 11.7 Å². The minimum atomic E-state index is -0.492. The molecule has 0 spiro atoms. The summed E-state index contributed by atoms with van der Waals surface area (Å²) in [6.45, 7) is 4.08. The average molecular weight is 600 g/mol. The maximum absolute atomic E-state index is 12.7. The van der Waals surface area contributed by atoms with Crippen molar-refractivity contribution in [3.63, 3.8) is 0 Å². The van der Waals surface area contributed by atoms with Crippen LogP contribution in [0.2, 0.25) is 0 Å². The van der Waals surface area contributed by atoms with Gasteiger partial charge in [0.15, 0.2) is 11.5 Å². The molecule has 0 aliphatic heterocycles. The van der Waals surface area contributed by atoms with E-state index in [1.54, 1.807) is 84.9 Å². The summed E-state index contributed by atoms with van der Waals surface area (Å²) in [4.78, 5) is 37.7. The Morgan fingerprint density at radius 3 is 2.33 bits per heavy atom. The summed E-state index contributed by atoms with van der Waals surface area (Å²) in [5, 5.41) is 6.82. The summed E-state index contributed by atoms with van der Waals surface area (Å²) in [6.07, 6.45) is 1.45. The maximum Gasteiger partial charge on any atom is 0.343 e. The second-order valence-electron chi connectivity index (χ2n) is 8.64. The molecule has 0 aromatic heterocycles. The van der Waals surface area contributed by atoms with E-state index in [1.807, 2.05) is 19.9 Å². The van der Waals surface area contributed by atoms with Crippen LogP contribution in [0.1, 0.15) is 49.1 Å². The third-order valence-electron chi connectivity index (χ3n) is 5.59. The molecule has 9 heteroatoms. The van der Waals surface area contributed by atoms with Gasteiger partial charge in [0.1, 0.15) is 0 Å². The van der Waals surface area contributed by atoms with Crippen molar-refractivity contribution in [3.8, 4) is 11.5 Å². The fraction of sp³-hybridized carbons (Fsp3) is 0.0968. The monoisotopic (exact) mass is 599 g/mol. The molecule has 0 bridgehead atoms. The lowest BCUT2D eigenvalue weighted by atomic mass is 10.1. The molecule has 0 aliphatic rings. The molecule has 4 rings (SSSR count). The fourth-order valence-corrected chi connectivity index (χ4v) is 3.93. The first-order valence-electron chi connectivity index (χ1n) is 12.4. The van der Waals surface area contributed by atoms with Crippen LogP contribution >= 0.6 is 15.9 Å². The van der Waals surface area contributed by atoms with Crippen molar-refractivity contribution in [2.75, 3.05) is 11.9 Å². The molecule has 0 heterocycles. The van der Waals surface area contributed by atoms with Gasteiger partial charge in [-0.15, -0.1) is 0 Å². The third kappa shape index (κ3) is 7.64. The van der Waals surface area contributed by atoms with E-state index in [0.717, 1.165) is 10.0 Å². The second kappa shape index (κ2) is 13.3. The standard InChI is InChI=1S/C31H26BrN3O5/c1-3-39-28-17-21(10-15-27(28)40-31(38)24-8-4-6-20(2)16-24)19-33-35-30(37)23-7-5-9-26(18-23)34-29(36)22-11-13-25(32)14-12-22/h4-19H,3H2,1-2H3,(H,34,36)(H,35,37). The van der Waals surface area contributed by atoms with Crippen molar-refractivity contribution in [2.24, 2.45) is 5.10 Å². The molecule has 8 nitrogen and oxygen atoms in total. The number of hydrazone groups is 1. The van der Waals surface area contributed by atoms with Gasteiger partial charge < -0.3 is 14.8 Å². The van der Waals surface area contributed by atoms with Gasteiger partial charge in [0.25, 0.3) is 11.8 Å². The number of hydrogen-bond acceptors (Lipinski definition) is 6. The van der Waals surface area contributed by atoms with Crippen molar-refractivity contribution < 1.29 is 23.9 Å². The van der Waals surface area contributed by atoms with Crippen molar-refractivity contribution in [2.45, 2.75) is 13.8 Å². The molecule has 0 saturated carbocycles. The molecule has 2 N–H and O–H groups in total. The zero-order chi connectivity index (χ0) is 28.5. The number of nitrogens with one attached hydrogen (secondary N) is 2. The first-order chi connectivity index (χ1) is 19.3. The molecule has 202 valence electrons. The largest absolute Gasteiger partial charge is 0.490 e. The Morgan fingerprint density at radius 2 is 1.57 bits per heavy atom. The van der Waals surface area contributed by atoms with Crippen molar-refractivity contribution in [1.82, 2.24) is 5.43 Å². The van der Waals surface area contributed by atoms with Crippen LogP contribution in [0, 0.1) is 6.92 Å². The highest BCUT2D eigenvalue weighted by Gasteiger charge is 2.14. The zero-order valence-corrected chi connectivity index (χ0v) is 23.4. The first kappa shape index (κ1) is 28.3. The fourth-order valence-electron chi connectivity index (χ4n) is 3.66. The lowest BCUT2D eigenvalue weighted by molar-refractivity contribution is 0.0727. The molecule has 0 fully saturated rings. The lowest BCUT2D eigenvalue weighted by Gasteiger charge is -2.11. The molecule has 40 heavy (non-hydrogen) atoms. The number of rotatable bonds is 9. The van der Waals surface area contributed by atoms with Crippen LogP contribution in [-0.2, 0) is 0 Å². The number of anilines is 1. The number of carbonyl (C=O) groups excluding carboxylic acids is 3. The molecule has 4 aromatic rings. The number of carbonyl (C=O) groups is 3. The van der Waals surface area contributed by atoms with Crippen molar-refractivity contribution in [3.05, 3.63) is 123 Å². The van der Waals surface area contributed by atoms with Gasteiger partial charge in [0.05, 0.1) is 18.4 Å². The molecule has 0 aliphatic carbocycles.